The second-order valence-electron chi connectivity index (χ2n) is 9.96. The quantitative estimate of drug-likeness (QED) is 0.258. The van der Waals surface area contributed by atoms with Crippen LogP contribution in [0, 0.1) is 0 Å². The number of hydrogen-bond donors (Lipinski definition) is 1. The molecule has 8 nitrogen and oxygen atoms in total. The summed E-state index contributed by atoms with van der Waals surface area (Å²) >= 11 is 0. The van der Waals surface area contributed by atoms with Gasteiger partial charge in [0.2, 0.25) is 10.0 Å². The second kappa shape index (κ2) is 10.0. The Morgan fingerprint density at radius 2 is 1.44 bits per heavy atom. The van der Waals surface area contributed by atoms with Crippen LogP contribution in [0.1, 0.15) is 27.1 Å². The van der Waals surface area contributed by atoms with Gasteiger partial charge in [-0.05, 0) is 24.3 Å². The van der Waals surface area contributed by atoms with Crippen LogP contribution in [0.2, 0.25) is 0 Å². The highest BCUT2D eigenvalue weighted by atomic mass is 32.2. The van der Waals surface area contributed by atoms with Crippen LogP contribution in [-0.2, 0) is 10.0 Å². The molecular formula is C27H33N4O4S+. The third-order valence-electron chi connectivity index (χ3n) is 6.67. The summed E-state index contributed by atoms with van der Waals surface area (Å²) in [4.78, 5) is 28.7. The van der Waals surface area contributed by atoms with Gasteiger partial charge in [-0.1, -0.05) is 36.4 Å². The van der Waals surface area contributed by atoms with E-state index in [2.05, 4.69) is 4.72 Å². The highest BCUT2D eigenvalue weighted by Gasteiger charge is 2.36. The van der Waals surface area contributed by atoms with Crippen molar-refractivity contribution in [3.63, 3.8) is 0 Å². The lowest BCUT2D eigenvalue weighted by molar-refractivity contribution is -0.889. The molecule has 0 atom stereocenters. The molecule has 4 rings (SSSR count). The molecule has 190 valence electrons. The lowest BCUT2D eigenvalue weighted by Gasteiger charge is -2.31. The summed E-state index contributed by atoms with van der Waals surface area (Å²) in [5.41, 5.74) is 1.86. The predicted octanol–water partition coefficient (Wildman–Crippen LogP) is 2.95. The Morgan fingerprint density at radius 1 is 0.833 bits per heavy atom. The lowest BCUT2D eigenvalue weighted by atomic mass is 10.1. The van der Waals surface area contributed by atoms with Crippen LogP contribution in [0.4, 0.5) is 5.69 Å². The number of benzene rings is 3. The molecule has 0 saturated carbocycles. The molecule has 36 heavy (non-hydrogen) atoms. The van der Waals surface area contributed by atoms with Crippen LogP contribution in [0.3, 0.4) is 0 Å². The molecule has 0 radical (unpaired) electrons. The molecule has 2 amide bonds. The van der Waals surface area contributed by atoms with Crippen molar-refractivity contribution in [3.8, 4) is 0 Å². The third-order valence-corrected chi connectivity index (χ3v) is 8.19. The Balaban J connectivity index is 1.34. The fraction of sp³-hybridized carbons (Fsp3) is 0.333. The smallest absolute Gasteiger partial charge is 0.261 e. The Morgan fingerprint density at radius 3 is 2.08 bits per heavy atom. The van der Waals surface area contributed by atoms with Crippen molar-refractivity contribution < 1.29 is 22.5 Å². The first kappa shape index (κ1) is 25.8. The number of rotatable bonds is 10. The van der Waals surface area contributed by atoms with E-state index in [1.54, 1.807) is 36.4 Å². The zero-order valence-electron chi connectivity index (χ0n) is 21.2. The fourth-order valence-corrected chi connectivity index (χ4v) is 5.90. The maximum absolute atomic E-state index is 13.1. The van der Waals surface area contributed by atoms with Gasteiger partial charge in [0, 0.05) is 43.5 Å². The van der Waals surface area contributed by atoms with Crippen molar-refractivity contribution in [2.45, 2.75) is 11.3 Å². The van der Waals surface area contributed by atoms with Gasteiger partial charge in [-0.3, -0.25) is 14.5 Å². The molecule has 0 unspecified atom stereocenters. The minimum atomic E-state index is -3.69. The summed E-state index contributed by atoms with van der Waals surface area (Å²) in [5.74, 6) is -0.508. The van der Waals surface area contributed by atoms with Crippen LogP contribution < -0.4 is 9.62 Å². The van der Waals surface area contributed by atoms with Gasteiger partial charge in [0.15, 0.2) is 0 Å². The second-order valence-corrected chi connectivity index (χ2v) is 11.7. The average Bonchev–Trinajstić information content (AvgIpc) is 3.09. The molecule has 3 aromatic carbocycles. The Kier molecular flexibility index (Phi) is 7.17. The van der Waals surface area contributed by atoms with E-state index >= 15 is 0 Å². The topological polar surface area (TPSA) is 86.8 Å². The molecule has 1 aliphatic rings. The standard InChI is InChI=1S/C27H33N4O4S/c1-29(2)24-14-7-13-21-20(24)12-8-15-25(21)36(34,35)28-16-9-18-31(3,4)19-17-30-26(32)22-10-5-6-11-23(22)27(30)33/h5-8,10-15,28H,9,16-19H2,1-4H3/q+1. The maximum Gasteiger partial charge on any atom is 0.261 e. The minimum absolute atomic E-state index is 0.254. The van der Waals surface area contributed by atoms with E-state index in [1.807, 2.05) is 57.4 Å². The number of sulfonamides is 1. The van der Waals surface area contributed by atoms with Crippen molar-refractivity contribution in [1.82, 2.24) is 9.62 Å². The molecule has 0 fully saturated rings. The van der Waals surface area contributed by atoms with Crippen molar-refractivity contribution in [3.05, 3.63) is 71.8 Å². The SMILES string of the molecule is CN(C)c1cccc2c(S(=O)(=O)NCCC[N+](C)(C)CCN3C(=O)c4ccccc4C3=O)cccc12. The van der Waals surface area contributed by atoms with E-state index in [4.69, 9.17) is 0 Å². The van der Waals surface area contributed by atoms with Crippen LogP contribution in [-0.4, -0.2) is 84.0 Å². The molecule has 1 aliphatic heterocycles. The number of hydrogen-bond acceptors (Lipinski definition) is 5. The van der Waals surface area contributed by atoms with E-state index in [-0.39, 0.29) is 16.7 Å². The van der Waals surface area contributed by atoms with Crippen LogP contribution in [0.25, 0.3) is 10.8 Å². The van der Waals surface area contributed by atoms with Gasteiger partial charge < -0.3 is 9.38 Å². The van der Waals surface area contributed by atoms with Crippen molar-refractivity contribution in [1.29, 1.82) is 0 Å². The third kappa shape index (κ3) is 5.13. The number of likely N-dealkylation sites (N-methyl/N-ethyl adjacent to an activating group) is 1. The Hall–Kier alpha value is -3.27. The molecule has 3 aromatic rings. The normalized spacial score (nSPS) is 13.9. The van der Waals surface area contributed by atoms with E-state index in [0.29, 0.717) is 53.6 Å². The van der Waals surface area contributed by atoms with Gasteiger partial charge in [-0.2, -0.15) is 0 Å². The molecule has 0 saturated heterocycles. The minimum Gasteiger partial charge on any atom is -0.377 e. The number of fused-ring (bicyclic) bond motifs is 2. The first-order valence-corrected chi connectivity index (χ1v) is 13.5. The average molecular weight is 510 g/mol. The van der Waals surface area contributed by atoms with E-state index < -0.39 is 10.0 Å². The zero-order valence-corrected chi connectivity index (χ0v) is 22.0. The number of nitrogens with zero attached hydrogens (tertiary/aromatic N) is 3. The Bertz CT molecular complexity index is 1380. The van der Waals surface area contributed by atoms with Crippen LogP contribution in [0.15, 0.2) is 65.6 Å². The molecule has 1 heterocycles. The molecule has 9 heteroatoms. The van der Waals surface area contributed by atoms with Gasteiger partial charge in [0.05, 0.1) is 49.8 Å². The highest BCUT2D eigenvalue weighted by Crippen LogP contribution is 2.30. The van der Waals surface area contributed by atoms with E-state index in [0.717, 1.165) is 11.1 Å². The van der Waals surface area contributed by atoms with Crippen LogP contribution >= 0.6 is 0 Å². The number of amides is 2. The number of carbonyl (C=O) groups excluding carboxylic acids is 2. The Labute approximate surface area is 212 Å². The summed E-state index contributed by atoms with van der Waals surface area (Å²) in [5, 5.41) is 1.57. The monoisotopic (exact) mass is 509 g/mol. The first-order valence-electron chi connectivity index (χ1n) is 12.0. The number of nitrogens with one attached hydrogen (secondary N) is 1. The van der Waals surface area contributed by atoms with Gasteiger partial charge in [0.1, 0.15) is 0 Å². The van der Waals surface area contributed by atoms with Gasteiger partial charge in [-0.25, -0.2) is 13.1 Å². The molecule has 0 aromatic heterocycles. The van der Waals surface area contributed by atoms with Crippen molar-refractivity contribution in [2.24, 2.45) is 0 Å². The van der Waals surface area contributed by atoms with E-state index in [9.17, 15) is 18.0 Å². The summed E-state index contributed by atoms with van der Waals surface area (Å²) < 4.78 is 29.5. The fourth-order valence-electron chi connectivity index (χ4n) is 4.60. The highest BCUT2D eigenvalue weighted by molar-refractivity contribution is 7.89. The molecule has 0 spiro atoms. The summed E-state index contributed by atoms with van der Waals surface area (Å²) in [6, 6.07) is 17.9. The zero-order chi connectivity index (χ0) is 26.1. The lowest BCUT2D eigenvalue weighted by Crippen LogP contribution is -2.47. The van der Waals surface area contributed by atoms with E-state index in [1.165, 1.54) is 4.90 Å². The molecular weight excluding hydrogens is 476 g/mol. The number of imide groups is 1. The number of anilines is 1. The number of quaternary nitrogens is 1. The van der Waals surface area contributed by atoms with Gasteiger partial charge >= 0.3 is 0 Å². The summed E-state index contributed by atoms with van der Waals surface area (Å²) in [6.07, 6.45) is 0.613. The van der Waals surface area contributed by atoms with Crippen LogP contribution in [0.5, 0.6) is 0 Å². The largest absolute Gasteiger partial charge is 0.377 e. The van der Waals surface area contributed by atoms with Gasteiger partial charge in [-0.15, -0.1) is 0 Å². The first-order chi connectivity index (χ1) is 17.0. The molecule has 0 bridgehead atoms. The predicted molar refractivity (Wildman–Crippen MR) is 142 cm³/mol. The van der Waals surface area contributed by atoms with Gasteiger partial charge in [0.25, 0.3) is 11.8 Å². The van der Waals surface area contributed by atoms with Crippen molar-refractivity contribution >= 4 is 38.3 Å². The molecule has 1 N–H and O–H groups in total. The molecule has 0 aliphatic carbocycles. The summed E-state index contributed by atoms with van der Waals surface area (Å²) in [6.45, 7) is 1.87. The number of carbonyl (C=O) groups is 2. The maximum atomic E-state index is 13.1. The summed E-state index contributed by atoms with van der Waals surface area (Å²) in [7, 11) is 4.20. The van der Waals surface area contributed by atoms with Crippen molar-refractivity contribution in [2.75, 3.05) is 59.3 Å².